The Morgan fingerprint density at radius 2 is 2.36 bits per heavy atom. The predicted molar refractivity (Wildman–Crippen MR) is 83.6 cm³/mol. The van der Waals surface area contributed by atoms with E-state index < -0.39 is 0 Å². The van der Waals surface area contributed by atoms with Gasteiger partial charge in [-0.05, 0) is 42.5 Å². The number of likely N-dealkylation sites (tertiary alicyclic amines) is 1. The Hall–Kier alpha value is -2.37. The second kappa shape index (κ2) is 6.60. The molecule has 0 radical (unpaired) electrons. The van der Waals surface area contributed by atoms with E-state index in [0.29, 0.717) is 12.5 Å². The monoisotopic (exact) mass is 299 g/mol. The topological polar surface area (TPSA) is 63.1 Å². The average Bonchev–Trinajstić information content (AvgIpc) is 3.07. The molecular formula is C16H21N5O. The molecular weight excluding hydrogens is 278 g/mol. The number of amides is 2. The van der Waals surface area contributed by atoms with Crippen molar-refractivity contribution in [3.8, 4) is 5.82 Å². The molecule has 0 aromatic carbocycles. The van der Waals surface area contributed by atoms with Gasteiger partial charge in [-0.25, -0.2) is 14.5 Å². The minimum absolute atomic E-state index is 0.0176. The first-order valence-corrected chi connectivity index (χ1v) is 7.70. The van der Waals surface area contributed by atoms with Crippen molar-refractivity contribution < 1.29 is 4.79 Å². The standard InChI is InChI=1S/C16H21N5O/c1-13-4-2-8-20(12-13)16(22)18-11-14-5-7-17-15(10-14)21-9-3-6-19-21/h3,5-7,9-10,13H,2,4,8,11-12H2,1H3,(H,18,22). The van der Waals surface area contributed by atoms with Gasteiger partial charge in [0.1, 0.15) is 0 Å². The average molecular weight is 299 g/mol. The molecule has 1 N–H and O–H groups in total. The van der Waals surface area contributed by atoms with Crippen molar-refractivity contribution in [1.82, 2.24) is 25.0 Å². The Kier molecular flexibility index (Phi) is 4.37. The van der Waals surface area contributed by atoms with Crippen LogP contribution in [-0.4, -0.2) is 38.8 Å². The van der Waals surface area contributed by atoms with Crippen molar-refractivity contribution in [2.24, 2.45) is 5.92 Å². The highest BCUT2D eigenvalue weighted by Crippen LogP contribution is 2.15. The molecule has 0 bridgehead atoms. The molecule has 3 heterocycles. The van der Waals surface area contributed by atoms with Gasteiger partial charge in [-0.2, -0.15) is 5.10 Å². The highest BCUT2D eigenvalue weighted by Gasteiger charge is 2.20. The van der Waals surface area contributed by atoms with Gasteiger partial charge < -0.3 is 10.2 Å². The summed E-state index contributed by atoms with van der Waals surface area (Å²) in [7, 11) is 0. The van der Waals surface area contributed by atoms with Crippen LogP contribution in [0, 0.1) is 5.92 Å². The van der Waals surface area contributed by atoms with Gasteiger partial charge in [-0.15, -0.1) is 0 Å². The lowest BCUT2D eigenvalue weighted by molar-refractivity contribution is 0.169. The van der Waals surface area contributed by atoms with Crippen LogP contribution in [0.3, 0.4) is 0 Å². The molecule has 0 saturated carbocycles. The Bertz CT molecular complexity index is 625. The van der Waals surface area contributed by atoms with Gasteiger partial charge in [-0.3, -0.25) is 0 Å². The Morgan fingerprint density at radius 1 is 1.45 bits per heavy atom. The summed E-state index contributed by atoms with van der Waals surface area (Å²) in [6.07, 6.45) is 7.60. The van der Waals surface area contributed by atoms with E-state index in [4.69, 9.17) is 0 Å². The highest BCUT2D eigenvalue weighted by atomic mass is 16.2. The van der Waals surface area contributed by atoms with Crippen molar-refractivity contribution in [3.05, 3.63) is 42.4 Å². The van der Waals surface area contributed by atoms with E-state index in [1.807, 2.05) is 29.3 Å². The summed E-state index contributed by atoms with van der Waals surface area (Å²) in [5.41, 5.74) is 1.01. The predicted octanol–water partition coefficient (Wildman–Crippen LogP) is 2.21. The minimum Gasteiger partial charge on any atom is -0.334 e. The van der Waals surface area contributed by atoms with Gasteiger partial charge in [0.2, 0.25) is 0 Å². The first-order chi connectivity index (χ1) is 10.7. The molecule has 22 heavy (non-hydrogen) atoms. The number of carbonyl (C=O) groups excluding carboxylic acids is 1. The van der Waals surface area contributed by atoms with E-state index in [1.165, 1.54) is 6.42 Å². The van der Waals surface area contributed by atoms with E-state index in [2.05, 4.69) is 22.3 Å². The smallest absolute Gasteiger partial charge is 0.317 e. The van der Waals surface area contributed by atoms with Crippen LogP contribution in [-0.2, 0) is 6.54 Å². The van der Waals surface area contributed by atoms with Crippen LogP contribution in [0.5, 0.6) is 0 Å². The highest BCUT2D eigenvalue weighted by molar-refractivity contribution is 5.74. The zero-order valence-electron chi connectivity index (χ0n) is 12.8. The van der Waals surface area contributed by atoms with Crippen LogP contribution >= 0.6 is 0 Å². The molecule has 2 amide bonds. The molecule has 6 nitrogen and oxygen atoms in total. The van der Waals surface area contributed by atoms with Crippen molar-refractivity contribution in [3.63, 3.8) is 0 Å². The Balaban J connectivity index is 1.59. The summed E-state index contributed by atoms with van der Waals surface area (Å²) in [5.74, 6) is 1.34. The first-order valence-electron chi connectivity index (χ1n) is 7.70. The number of carbonyl (C=O) groups is 1. The van der Waals surface area contributed by atoms with E-state index in [-0.39, 0.29) is 6.03 Å². The second-order valence-electron chi connectivity index (χ2n) is 5.83. The van der Waals surface area contributed by atoms with E-state index >= 15 is 0 Å². The van der Waals surface area contributed by atoms with Gasteiger partial charge in [-0.1, -0.05) is 6.92 Å². The number of piperidine rings is 1. The molecule has 0 spiro atoms. The summed E-state index contributed by atoms with van der Waals surface area (Å²) >= 11 is 0. The number of rotatable bonds is 3. The summed E-state index contributed by atoms with van der Waals surface area (Å²) in [5, 5.41) is 7.15. The van der Waals surface area contributed by atoms with Crippen LogP contribution in [0.25, 0.3) is 5.82 Å². The lowest BCUT2D eigenvalue weighted by Crippen LogP contribution is -2.44. The summed E-state index contributed by atoms with van der Waals surface area (Å²) < 4.78 is 1.71. The molecule has 116 valence electrons. The molecule has 1 aliphatic rings. The maximum absolute atomic E-state index is 12.2. The minimum atomic E-state index is 0.0176. The quantitative estimate of drug-likeness (QED) is 0.945. The molecule has 0 aliphatic carbocycles. The molecule has 1 fully saturated rings. The number of nitrogens with one attached hydrogen (secondary N) is 1. The van der Waals surface area contributed by atoms with E-state index in [1.54, 1.807) is 17.1 Å². The third-order valence-electron chi connectivity index (χ3n) is 3.94. The number of nitrogens with zero attached hydrogens (tertiary/aromatic N) is 4. The first kappa shape index (κ1) is 14.6. The van der Waals surface area contributed by atoms with Crippen molar-refractivity contribution in [2.75, 3.05) is 13.1 Å². The van der Waals surface area contributed by atoms with E-state index in [0.717, 1.165) is 30.9 Å². The molecule has 1 atom stereocenters. The molecule has 1 unspecified atom stereocenters. The summed E-state index contributed by atoms with van der Waals surface area (Å²) in [4.78, 5) is 18.4. The fourth-order valence-electron chi connectivity index (χ4n) is 2.76. The molecule has 6 heteroatoms. The van der Waals surface area contributed by atoms with Gasteiger partial charge >= 0.3 is 6.03 Å². The largest absolute Gasteiger partial charge is 0.334 e. The third-order valence-corrected chi connectivity index (χ3v) is 3.94. The fourth-order valence-corrected chi connectivity index (χ4v) is 2.76. The van der Waals surface area contributed by atoms with Crippen molar-refractivity contribution >= 4 is 6.03 Å². The van der Waals surface area contributed by atoms with Crippen molar-refractivity contribution in [1.29, 1.82) is 0 Å². The van der Waals surface area contributed by atoms with Crippen LogP contribution in [0.15, 0.2) is 36.8 Å². The fraction of sp³-hybridized carbons (Fsp3) is 0.438. The van der Waals surface area contributed by atoms with Crippen LogP contribution in [0.2, 0.25) is 0 Å². The van der Waals surface area contributed by atoms with Crippen LogP contribution < -0.4 is 5.32 Å². The van der Waals surface area contributed by atoms with Crippen LogP contribution in [0.1, 0.15) is 25.3 Å². The third kappa shape index (κ3) is 3.44. The normalized spacial score (nSPS) is 18.2. The molecule has 2 aromatic rings. The maximum atomic E-state index is 12.2. The Morgan fingerprint density at radius 3 is 3.14 bits per heavy atom. The van der Waals surface area contributed by atoms with E-state index in [9.17, 15) is 4.79 Å². The number of aromatic nitrogens is 3. The van der Waals surface area contributed by atoms with Crippen molar-refractivity contribution in [2.45, 2.75) is 26.3 Å². The van der Waals surface area contributed by atoms with Gasteiger partial charge in [0.25, 0.3) is 0 Å². The zero-order valence-corrected chi connectivity index (χ0v) is 12.8. The van der Waals surface area contributed by atoms with Gasteiger partial charge in [0, 0.05) is 38.2 Å². The SMILES string of the molecule is CC1CCCN(C(=O)NCc2ccnc(-n3cccn3)c2)C1. The molecule has 1 aliphatic heterocycles. The summed E-state index contributed by atoms with van der Waals surface area (Å²) in [6, 6.07) is 5.72. The Labute approximate surface area is 130 Å². The number of urea groups is 1. The zero-order chi connectivity index (χ0) is 15.4. The lowest BCUT2D eigenvalue weighted by Gasteiger charge is -2.30. The van der Waals surface area contributed by atoms with Crippen LogP contribution in [0.4, 0.5) is 4.79 Å². The maximum Gasteiger partial charge on any atom is 0.317 e. The molecule has 2 aromatic heterocycles. The number of pyridine rings is 1. The lowest BCUT2D eigenvalue weighted by atomic mass is 10.0. The van der Waals surface area contributed by atoms with Gasteiger partial charge in [0.15, 0.2) is 5.82 Å². The number of hydrogen-bond acceptors (Lipinski definition) is 3. The number of hydrogen-bond donors (Lipinski definition) is 1. The molecule has 1 saturated heterocycles. The van der Waals surface area contributed by atoms with Gasteiger partial charge in [0.05, 0.1) is 0 Å². The molecule has 3 rings (SSSR count). The summed E-state index contributed by atoms with van der Waals surface area (Å²) in [6.45, 7) is 4.39. The second-order valence-corrected chi connectivity index (χ2v) is 5.83.